The Balaban J connectivity index is 0.939. The van der Waals surface area contributed by atoms with Crippen molar-refractivity contribution in [1.29, 1.82) is 0 Å². The highest BCUT2D eigenvalue weighted by Gasteiger charge is 2.51. The van der Waals surface area contributed by atoms with Gasteiger partial charge in [0.05, 0.1) is 0 Å². The predicted molar refractivity (Wildman–Crippen MR) is 188 cm³/mol. The van der Waals surface area contributed by atoms with Crippen LogP contribution in [0.15, 0.2) is 24.3 Å². The molecule has 2 heteroatoms. The largest absolute Gasteiger partial charge is 0.311 e. The van der Waals surface area contributed by atoms with E-state index in [0.717, 1.165) is 71.5 Å². The van der Waals surface area contributed by atoms with Gasteiger partial charge in [-0.3, -0.25) is 0 Å². The van der Waals surface area contributed by atoms with Crippen LogP contribution < -0.4 is 10.6 Å². The number of hydrogen-bond donors (Lipinski definition) is 2. The van der Waals surface area contributed by atoms with Crippen molar-refractivity contribution in [1.82, 2.24) is 10.6 Å². The van der Waals surface area contributed by atoms with E-state index in [1.807, 2.05) is 0 Å². The number of fused-ring (bicyclic) bond motifs is 2. The molecule has 0 aromatic rings. The van der Waals surface area contributed by atoms with Crippen molar-refractivity contribution >= 4 is 0 Å². The van der Waals surface area contributed by atoms with Crippen LogP contribution in [0.3, 0.4) is 0 Å². The van der Waals surface area contributed by atoms with Crippen LogP contribution in [0, 0.1) is 47.3 Å². The third-order valence-electron chi connectivity index (χ3n) is 14.6. The van der Waals surface area contributed by atoms with Gasteiger partial charge in [0.25, 0.3) is 0 Å². The lowest BCUT2D eigenvalue weighted by Crippen LogP contribution is -2.64. The summed E-state index contributed by atoms with van der Waals surface area (Å²) < 4.78 is 0. The third kappa shape index (κ3) is 8.09. The molecule has 248 valence electrons. The van der Waals surface area contributed by atoms with Crippen LogP contribution in [0.5, 0.6) is 0 Å². The first-order valence-corrected chi connectivity index (χ1v) is 20.7. The Bertz CT molecular complexity index is 797. The van der Waals surface area contributed by atoms with Crippen molar-refractivity contribution in [3.63, 3.8) is 0 Å². The predicted octanol–water partition coefficient (Wildman–Crippen LogP) is 10.9. The van der Waals surface area contributed by atoms with Gasteiger partial charge in [0.15, 0.2) is 0 Å². The summed E-state index contributed by atoms with van der Waals surface area (Å²) in [5, 5.41) is 8.99. The molecule has 44 heavy (non-hydrogen) atoms. The molecule has 0 radical (unpaired) electrons. The smallest absolute Gasteiger partial charge is 0.0133 e. The first-order valence-electron chi connectivity index (χ1n) is 20.7. The van der Waals surface area contributed by atoms with E-state index in [-0.39, 0.29) is 0 Å². The zero-order valence-corrected chi connectivity index (χ0v) is 28.6. The maximum Gasteiger partial charge on any atom is 0.0133 e. The van der Waals surface area contributed by atoms with Gasteiger partial charge in [-0.05, 0) is 150 Å². The molecule has 0 saturated heterocycles. The molecule has 0 aliphatic heterocycles. The third-order valence-corrected chi connectivity index (χ3v) is 14.6. The van der Waals surface area contributed by atoms with Gasteiger partial charge in [-0.1, -0.05) is 88.5 Å². The lowest BCUT2D eigenvalue weighted by Gasteiger charge is -2.57. The summed E-state index contributed by atoms with van der Waals surface area (Å²) in [5.74, 6) is 7.23. The summed E-state index contributed by atoms with van der Waals surface area (Å²) in [4.78, 5) is 0. The lowest BCUT2D eigenvalue weighted by molar-refractivity contribution is -0.0293. The first kappa shape index (κ1) is 32.0. The van der Waals surface area contributed by atoms with Crippen molar-refractivity contribution in [2.75, 3.05) is 0 Å². The number of allylic oxidation sites excluding steroid dienone is 4. The molecule has 0 amide bonds. The number of hydrogen-bond acceptors (Lipinski definition) is 2. The van der Waals surface area contributed by atoms with Gasteiger partial charge in [0.2, 0.25) is 0 Å². The van der Waals surface area contributed by atoms with Crippen LogP contribution in [0.25, 0.3) is 0 Å². The van der Waals surface area contributed by atoms with E-state index in [2.05, 4.69) is 34.9 Å². The first-order chi connectivity index (χ1) is 21.8. The van der Waals surface area contributed by atoms with E-state index in [9.17, 15) is 0 Å². The minimum Gasteiger partial charge on any atom is -0.311 e. The summed E-state index contributed by atoms with van der Waals surface area (Å²) in [6.45, 7) is 0. The van der Waals surface area contributed by atoms with Crippen molar-refractivity contribution in [2.24, 2.45) is 47.3 Å². The lowest BCUT2D eigenvalue weighted by atomic mass is 9.54. The summed E-state index contributed by atoms with van der Waals surface area (Å²) in [7, 11) is 0. The van der Waals surface area contributed by atoms with Crippen LogP contribution in [0.2, 0.25) is 0 Å². The Labute approximate surface area is 272 Å². The average molecular weight is 603 g/mol. The van der Waals surface area contributed by atoms with Crippen LogP contribution in [-0.4, -0.2) is 24.2 Å². The fraction of sp³-hybridized carbons (Fsp3) is 0.905. The molecule has 0 aromatic heterocycles. The minimum absolute atomic E-state index is 0.783. The molecule has 0 heterocycles. The second-order valence-corrected chi connectivity index (χ2v) is 17.4. The topological polar surface area (TPSA) is 24.1 Å². The monoisotopic (exact) mass is 603 g/mol. The fourth-order valence-electron chi connectivity index (χ4n) is 12.1. The molecule has 0 spiro atoms. The fourth-order valence-corrected chi connectivity index (χ4v) is 12.1. The highest BCUT2D eigenvalue weighted by atomic mass is 15.0. The van der Waals surface area contributed by atoms with E-state index in [1.54, 1.807) is 0 Å². The molecule has 7 aliphatic rings. The standard InChI is InChI=1S/C42H70N2/c1-3-11-31(12-4-1)19-21-33-23-27-35(28-24-33)43-41-37-15-7-9-17-39(37)42(40-18-10-8-16-38(40)41)44-36-29-25-34(26-30-36)22-20-32-13-5-2-6-14-32/h19-22,31-44H,1-18,23-30H2/b21-19+,22-20+. The van der Waals surface area contributed by atoms with Gasteiger partial charge < -0.3 is 10.6 Å². The van der Waals surface area contributed by atoms with E-state index < -0.39 is 0 Å². The Hall–Kier alpha value is -0.600. The molecule has 7 saturated carbocycles. The van der Waals surface area contributed by atoms with Crippen molar-refractivity contribution in [3.05, 3.63) is 24.3 Å². The quantitative estimate of drug-likeness (QED) is 0.270. The van der Waals surface area contributed by atoms with Gasteiger partial charge in [0, 0.05) is 24.2 Å². The van der Waals surface area contributed by atoms with E-state index in [4.69, 9.17) is 0 Å². The summed E-state index contributed by atoms with van der Waals surface area (Å²) in [6, 6.07) is 3.18. The maximum atomic E-state index is 4.49. The molecule has 2 N–H and O–H groups in total. The average Bonchev–Trinajstić information content (AvgIpc) is 3.10. The Morgan fingerprint density at radius 2 is 0.545 bits per heavy atom. The van der Waals surface area contributed by atoms with E-state index >= 15 is 0 Å². The Morgan fingerprint density at radius 1 is 0.273 bits per heavy atom. The van der Waals surface area contributed by atoms with Crippen molar-refractivity contribution in [2.45, 2.75) is 191 Å². The molecule has 0 bridgehead atoms. The van der Waals surface area contributed by atoms with Crippen LogP contribution >= 0.6 is 0 Å². The Morgan fingerprint density at radius 3 is 0.864 bits per heavy atom. The van der Waals surface area contributed by atoms with Gasteiger partial charge in [-0.15, -0.1) is 0 Å². The molecule has 4 atom stereocenters. The molecule has 7 rings (SSSR count). The summed E-state index contributed by atoms with van der Waals surface area (Å²) >= 11 is 0. The molecular formula is C42H70N2. The van der Waals surface area contributed by atoms with Crippen LogP contribution in [0.4, 0.5) is 0 Å². The van der Waals surface area contributed by atoms with Gasteiger partial charge in [0.1, 0.15) is 0 Å². The zero-order chi connectivity index (χ0) is 29.6. The molecular weight excluding hydrogens is 532 g/mol. The Kier molecular flexibility index (Phi) is 11.6. The van der Waals surface area contributed by atoms with Gasteiger partial charge in [-0.2, -0.15) is 0 Å². The van der Waals surface area contributed by atoms with Gasteiger partial charge in [-0.25, -0.2) is 0 Å². The molecule has 0 aromatic carbocycles. The number of nitrogens with one attached hydrogen (secondary N) is 2. The van der Waals surface area contributed by atoms with Crippen LogP contribution in [0.1, 0.15) is 167 Å². The summed E-state index contributed by atoms with van der Waals surface area (Å²) in [5.41, 5.74) is 0. The summed E-state index contributed by atoms with van der Waals surface area (Å²) in [6.07, 6.45) is 48.6. The zero-order valence-electron chi connectivity index (χ0n) is 28.6. The molecule has 2 nitrogen and oxygen atoms in total. The van der Waals surface area contributed by atoms with Crippen molar-refractivity contribution in [3.8, 4) is 0 Å². The molecule has 7 aliphatic carbocycles. The molecule has 7 fully saturated rings. The second-order valence-electron chi connectivity index (χ2n) is 17.4. The molecule has 4 unspecified atom stereocenters. The van der Waals surface area contributed by atoms with E-state index in [1.165, 1.54) is 167 Å². The van der Waals surface area contributed by atoms with Gasteiger partial charge >= 0.3 is 0 Å². The van der Waals surface area contributed by atoms with Crippen LogP contribution in [-0.2, 0) is 0 Å². The van der Waals surface area contributed by atoms with Crippen molar-refractivity contribution < 1.29 is 0 Å². The highest BCUT2D eigenvalue weighted by Crippen LogP contribution is 2.51. The minimum atomic E-state index is 0.783. The maximum absolute atomic E-state index is 4.49. The second kappa shape index (κ2) is 16.0. The van der Waals surface area contributed by atoms with E-state index in [0.29, 0.717) is 0 Å². The highest BCUT2D eigenvalue weighted by molar-refractivity contribution is 5.07. The SMILES string of the molecule is C(=C\C1CCC(NC2C3CCCCC3C(NC3CCC(/C=C/C4CCCCC4)CC3)C3CCCCC32)CC1)/C1CCCCC1. The number of rotatable bonds is 8. The normalized spacial score (nSPS) is 43.2.